The van der Waals surface area contributed by atoms with Crippen molar-refractivity contribution >= 4 is 21.6 Å². The molecule has 34 heavy (non-hydrogen) atoms. The van der Waals surface area contributed by atoms with Gasteiger partial charge in [-0.05, 0) is 68.0 Å². The summed E-state index contributed by atoms with van der Waals surface area (Å²) in [6, 6.07) is 12.5. The molecule has 4 aromatic rings. The second-order valence-electron chi connectivity index (χ2n) is 9.46. The first kappa shape index (κ1) is 23.0. The molecule has 6 heteroatoms. The largest absolute Gasteiger partial charge is 0.492 e. The van der Waals surface area contributed by atoms with E-state index in [2.05, 4.69) is 53.7 Å². The molecule has 1 aliphatic rings. The highest BCUT2D eigenvalue weighted by atomic mass is 32.1. The van der Waals surface area contributed by atoms with Gasteiger partial charge in [0, 0.05) is 19.2 Å². The van der Waals surface area contributed by atoms with Gasteiger partial charge in [-0.1, -0.05) is 26.2 Å². The van der Waals surface area contributed by atoms with E-state index < -0.39 is 0 Å². The lowest BCUT2D eigenvalue weighted by Gasteiger charge is -2.22. The number of fused-ring (bicyclic) bond motifs is 1. The number of imidazole rings is 1. The molecule has 5 nitrogen and oxygen atoms in total. The molecule has 5 rings (SSSR count). The van der Waals surface area contributed by atoms with Crippen molar-refractivity contribution in [1.82, 2.24) is 14.1 Å². The summed E-state index contributed by atoms with van der Waals surface area (Å²) in [5.74, 6) is 3.42. The topological polar surface area (TPSA) is 41.2 Å². The van der Waals surface area contributed by atoms with Gasteiger partial charge in [0.05, 0.1) is 34.3 Å². The van der Waals surface area contributed by atoms with Gasteiger partial charge in [-0.15, -0.1) is 11.3 Å². The molecular weight excluding hydrogens is 442 g/mol. The zero-order valence-electron chi connectivity index (χ0n) is 20.5. The third-order valence-corrected chi connectivity index (χ3v) is 7.79. The number of ether oxygens (including phenoxy) is 2. The molecule has 0 spiro atoms. The van der Waals surface area contributed by atoms with E-state index in [1.54, 1.807) is 11.3 Å². The Kier molecular flexibility index (Phi) is 6.95. The van der Waals surface area contributed by atoms with E-state index in [-0.39, 0.29) is 6.10 Å². The minimum atomic E-state index is 0.240. The van der Waals surface area contributed by atoms with Gasteiger partial charge in [0.15, 0.2) is 5.82 Å². The van der Waals surface area contributed by atoms with Gasteiger partial charge < -0.3 is 18.6 Å². The molecule has 0 amide bonds. The molecule has 0 radical (unpaired) electrons. The number of thiophene rings is 1. The van der Waals surface area contributed by atoms with E-state index >= 15 is 0 Å². The standard InChI is InChI=1S/C28H35N3O2S/c1-4-5-7-20(2)33-23-12-10-22(11-13-23)32-16-15-31-19-24(21-8-6-9-21)29-28(31)26-18-27-25(30(26)3)14-17-34-27/h10-14,17-21H,4-9,15-16H2,1-3H3. The highest BCUT2D eigenvalue weighted by Crippen LogP contribution is 2.38. The van der Waals surface area contributed by atoms with E-state index in [9.17, 15) is 0 Å². The minimum Gasteiger partial charge on any atom is -0.492 e. The normalized spacial score (nSPS) is 14.9. The molecule has 1 saturated carbocycles. The highest BCUT2D eigenvalue weighted by molar-refractivity contribution is 7.17. The van der Waals surface area contributed by atoms with E-state index in [1.807, 2.05) is 24.3 Å². The summed E-state index contributed by atoms with van der Waals surface area (Å²) in [6.45, 7) is 5.71. The number of hydrogen-bond acceptors (Lipinski definition) is 4. The van der Waals surface area contributed by atoms with Crippen molar-refractivity contribution < 1.29 is 9.47 Å². The monoisotopic (exact) mass is 477 g/mol. The summed E-state index contributed by atoms with van der Waals surface area (Å²) in [4.78, 5) is 5.10. The number of unbranched alkanes of at least 4 members (excludes halogenated alkanes) is 1. The van der Waals surface area contributed by atoms with Crippen LogP contribution in [0.15, 0.2) is 48.0 Å². The minimum absolute atomic E-state index is 0.240. The second-order valence-corrected chi connectivity index (χ2v) is 10.4. The number of rotatable bonds is 11. The van der Waals surface area contributed by atoms with Gasteiger partial charge >= 0.3 is 0 Å². The quantitative estimate of drug-likeness (QED) is 0.226. The van der Waals surface area contributed by atoms with Crippen LogP contribution in [0.1, 0.15) is 64.0 Å². The number of aromatic nitrogens is 3. The Bertz CT molecular complexity index is 1220. The summed E-state index contributed by atoms with van der Waals surface area (Å²) in [5, 5.41) is 2.15. The van der Waals surface area contributed by atoms with E-state index in [0.29, 0.717) is 12.5 Å². The van der Waals surface area contributed by atoms with Gasteiger partial charge in [0.1, 0.15) is 18.1 Å². The summed E-state index contributed by atoms with van der Waals surface area (Å²) in [5.41, 5.74) is 3.66. The van der Waals surface area contributed by atoms with E-state index in [4.69, 9.17) is 14.5 Å². The summed E-state index contributed by atoms with van der Waals surface area (Å²) in [6.07, 6.45) is 9.78. The Balaban J connectivity index is 1.26. The van der Waals surface area contributed by atoms with E-state index in [0.717, 1.165) is 30.3 Å². The van der Waals surface area contributed by atoms with Gasteiger partial charge in [0.25, 0.3) is 0 Å². The average molecular weight is 478 g/mol. The average Bonchev–Trinajstić information content (AvgIpc) is 3.49. The van der Waals surface area contributed by atoms with Crippen LogP contribution in [0.4, 0.5) is 0 Å². The number of benzene rings is 1. The van der Waals surface area contributed by atoms with Crippen molar-refractivity contribution in [3.05, 3.63) is 53.7 Å². The molecule has 3 aromatic heterocycles. The Morgan fingerprint density at radius 1 is 1.15 bits per heavy atom. The maximum absolute atomic E-state index is 6.10. The van der Waals surface area contributed by atoms with Gasteiger partial charge in [-0.3, -0.25) is 0 Å². The Morgan fingerprint density at radius 2 is 1.94 bits per heavy atom. The van der Waals surface area contributed by atoms with Crippen LogP contribution in [-0.2, 0) is 13.6 Å². The second kappa shape index (κ2) is 10.3. The smallest absolute Gasteiger partial charge is 0.157 e. The van der Waals surface area contributed by atoms with Crippen LogP contribution in [-0.4, -0.2) is 26.8 Å². The van der Waals surface area contributed by atoms with Gasteiger partial charge in [-0.25, -0.2) is 4.98 Å². The number of nitrogens with zero attached hydrogens (tertiary/aromatic N) is 3. The molecule has 0 saturated heterocycles. The molecular formula is C28H35N3O2S. The van der Waals surface area contributed by atoms with Crippen molar-refractivity contribution in [1.29, 1.82) is 0 Å². The van der Waals surface area contributed by atoms with Crippen molar-refractivity contribution in [2.24, 2.45) is 7.05 Å². The van der Waals surface area contributed by atoms with Crippen LogP contribution < -0.4 is 9.47 Å². The molecule has 0 aliphatic heterocycles. The molecule has 180 valence electrons. The predicted octanol–water partition coefficient (Wildman–Crippen LogP) is 7.41. The summed E-state index contributed by atoms with van der Waals surface area (Å²) < 4.78 is 18.0. The fourth-order valence-electron chi connectivity index (χ4n) is 4.64. The first-order valence-corrected chi connectivity index (χ1v) is 13.5. The van der Waals surface area contributed by atoms with Gasteiger partial charge in [0.2, 0.25) is 0 Å². The fourth-order valence-corrected chi connectivity index (χ4v) is 5.48. The molecule has 1 aromatic carbocycles. The fraction of sp³-hybridized carbons (Fsp3) is 0.464. The van der Waals surface area contributed by atoms with Crippen molar-refractivity contribution in [2.75, 3.05) is 6.61 Å². The van der Waals surface area contributed by atoms with Crippen LogP contribution in [0.5, 0.6) is 11.5 Å². The maximum Gasteiger partial charge on any atom is 0.157 e. The van der Waals surface area contributed by atoms with Crippen LogP contribution in [0.25, 0.3) is 21.7 Å². The third kappa shape index (κ3) is 4.88. The van der Waals surface area contributed by atoms with Crippen LogP contribution in [0, 0.1) is 0 Å². The Hall–Kier alpha value is -2.73. The SMILES string of the molecule is CCCCC(C)Oc1ccc(OCCn2cc(C3CCC3)nc2-c2cc3sccc3n2C)cc1. The molecule has 0 N–H and O–H groups in total. The van der Waals surface area contributed by atoms with Crippen LogP contribution in [0.2, 0.25) is 0 Å². The maximum atomic E-state index is 6.10. The molecule has 1 fully saturated rings. The lowest BCUT2D eigenvalue weighted by Crippen LogP contribution is -2.11. The molecule has 3 heterocycles. The van der Waals surface area contributed by atoms with E-state index in [1.165, 1.54) is 53.7 Å². The molecule has 1 unspecified atom stereocenters. The molecule has 1 atom stereocenters. The first-order chi connectivity index (χ1) is 16.6. The lowest BCUT2D eigenvalue weighted by molar-refractivity contribution is 0.207. The first-order valence-electron chi connectivity index (χ1n) is 12.6. The van der Waals surface area contributed by atoms with Gasteiger partial charge in [-0.2, -0.15) is 0 Å². The summed E-state index contributed by atoms with van der Waals surface area (Å²) >= 11 is 1.78. The zero-order valence-corrected chi connectivity index (χ0v) is 21.3. The zero-order chi connectivity index (χ0) is 23.5. The molecule has 0 bridgehead atoms. The van der Waals surface area contributed by atoms with Crippen molar-refractivity contribution in [2.45, 2.75) is 70.9 Å². The third-order valence-electron chi connectivity index (χ3n) is 6.94. The lowest BCUT2D eigenvalue weighted by atomic mass is 9.83. The predicted molar refractivity (Wildman–Crippen MR) is 140 cm³/mol. The molecule has 1 aliphatic carbocycles. The number of hydrogen-bond donors (Lipinski definition) is 0. The van der Waals surface area contributed by atoms with Crippen molar-refractivity contribution in [3.63, 3.8) is 0 Å². The Morgan fingerprint density at radius 3 is 2.65 bits per heavy atom. The Labute approximate surface area is 206 Å². The van der Waals surface area contributed by atoms with Crippen LogP contribution in [0.3, 0.4) is 0 Å². The highest BCUT2D eigenvalue weighted by Gasteiger charge is 2.25. The van der Waals surface area contributed by atoms with Crippen LogP contribution >= 0.6 is 11.3 Å². The summed E-state index contributed by atoms with van der Waals surface area (Å²) in [7, 11) is 2.13. The van der Waals surface area contributed by atoms with Crippen molar-refractivity contribution in [3.8, 4) is 23.0 Å². The number of aryl methyl sites for hydroxylation is 1.